The molecule has 0 aliphatic carbocycles. The van der Waals surface area contributed by atoms with Crippen molar-refractivity contribution < 1.29 is 9.47 Å². The minimum absolute atomic E-state index is 0.385. The molecule has 0 radical (unpaired) electrons. The van der Waals surface area contributed by atoms with E-state index in [4.69, 9.17) is 9.47 Å². The highest BCUT2D eigenvalue weighted by Gasteiger charge is 2.44. The summed E-state index contributed by atoms with van der Waals surface area (Å²) < 4.78 is 12.2. The number of nitrogens with zero attached hydrogens (tertiary/aromatic N) is 3. The van der Waals surface area contributed by atoms with Crippen molar-refractivity contribution in [1.29, 1.82) is 0 Å². The van der Waals surface area contributed by atoms with Crippen molar-refractivity contribution in [3.63, 3.8) is 0 Å². The van der Waals surface area contributed by atoms with E-state index in [9.17, 15) is 0 Å². The fourth-order valence-electron chi connectivity index (χ4n) is 4.72. The van der Waals surface area contributed by atoms with Gasteiger partial charge in [0.2, 0.25) is 0 Å². The van der Waals surface area contributed by atoms with Crippen molar-refractivity contribution in [2.75, 3.05) is 50.6 Å². The monoisotopic (exact) mass is 483 g/mol. The molecule has 2 N–H and O–H groups in total. The number of rotatable bonds is 5. The second-order valence-electron chi connectivity index (χ2n) is 8.37. The number of piperidine rings is 1. The molecule has 2 saturated heterocycles. The molecule has 2 aliphatic rings. The van der Waals surface area contributed by atoms with E-state index in [0.29, 0.717) is 5.41 Å². The number of hydrogen-bond acceptors (Lipinski definition) is 7. The Morgan fingerprint density at radius 3 is 2.68 bits per heavy atom. The third-order valence-corrected chi connectivity index (χ3v) is 6.80. The van der Waals surface area contributed by atoms with Gasteiger partial charge in [0.05, 0.1) is 31.1 Å². The number of fused-ring (bicyclic) bond motifs is 1. The topological polar surface area (TPSA) is 71.5 Å². The third-order valence-electron chi connectivity index (χ3n) is 6.30. The second-order valence-corrected chi connectivity index (χ2v) is 9.29. The fourth-order valence-corrected chi connectivity index (χ4v) is 5.08. The quantitative estimate of drug-likeness (QED) is 0.558. The molecule has 31 heavy (non-hydrogen) atoms. The number of nitrogens with one attached hydrogen (secondary N) is 2. The molecule has 0 bridgehead atoms. The third kappa shape index (κ3) is 3.78. The summed E-state index contributed by atoms with van der Waals surface area (Å²) in [5, 5.41) is 7.93. The van der Waals surface area contributed by atoms with Crippen LogP contribution in [0.15, 0.2) is 41.1 Å². The van der Waals surface area contributed by atoms with Crippen LogP contribution in [0.5, 0.6) is 11.5 Å². The van der Waals surface area contributed by atoms with Crippen LogP contribution in [-0.2, 0) is 0 Å². The van der Waals surface area contributed by atoms with Crippen molar-refractivity contribution in [2.45, 2.75) is 12.8 Å². The molecule has 5 rings (SSSR count). The van der Waals surface area contributed by atoms with Crippen LogP contribution in [0.2, 0.25) is 0 Å². The SMILES string of the molecule is COc1ccc(Br)cc1Nc1ncnc2cc(OC)c(N3CC4(CCCNC4)C3)cc12. The summed E-state index contributed by atoms with van der Waals surface area (Å²) in [6, 6.07) is 9.99. The first-order valence-corrected chi connectivity index (χ1v) is 11.3. The molecule has 3 aromatic rings. The smallest absolute Gasteiger partial charge is 0.144 e. The lowest BCUT2D eigenvalue weighted by atomic mass is 9.73. The molecule has 1 aromatic heterocycles. The highest BCUT2D eigenvalue weighted by atomic mass is 79.9. The molecule has 3 heterocycles. The average Bonchev–Trinajstić information content (AvgIpc) is 2.77. The lowest BCUT2D eigenvalue weighted by molar-refractivity contribution is 0.156. The molecule has 1 spiro atoms. The first kappa shape index (κ1) is 20.3. The molecule has 0 amide bonds. The van der Waals surface area contributed by atoms with Gasteiger partial charge in [-0.1, -0.05) is 15.9 Å². The van der Waals surface area contributed by atoms with Gasteiger partial charge in [-0.2, -0.15) is 0 Å². The number of hydrogen-bond donors (Lipinski definition) is 2. The molecular formula is C23H26BrN5O2. The number of benzene rings is 2. The number of aromatic nitrogens is 2. The second kappa shape index (κ2) is 8.16. The zero-order valence-corrected chi connectivity index (χ0v) is 19.3. The maximum atomic E-state index is 5.73. The van der Waals surface area contributed by atoms with Crippen molar-refractivity contribution in [1.82, 2.24) is 15.3 Å². The van der Waals surface area contributed by atoms with Crippen LogP contribution in [0.1, 0.15) is 12.8 Å². The minimum atomic E-state index is 0.385. The van der Waals surface area contributed by atoms with Gasteiger partial charge in [-0.15, -0.1) is 0 Å². The largest absolute Gasteiger partial charge is 0.495 e. The Bertz CT molecular complexity index is 1110. The Labute approximate surface area is 190 Å². The summed E-state index contributed by atoms with van der Waals surface area (Å²) >= 11 is 3.53. The highest BCUT2D eigenvalue weighted by molar-refractivity contribution is 9.10. The van der Waals surface area contributed by atoms with Crippen molar-refractivity contribution in [2.24, 2.45) is 5.41 Å². The van der Waals surface area contributed by atoms with Gasteiger partial charge in [-0.3, -0.25) is 0 Å². The summed E-state index contributed by atoms with van der Waals surface area (Å²) in [5.41, 5.74) is 3.15. The van der Waals surface area contributed by atoms with Crippen molar-refractivity contribution >= 4 is 44.0 Å². The molecule has 7 nitrogen and oxygen atoms in total. The van der Waals surface area contributed by atoms with E-state index in [1.54, 1.807) is 20.5 Å². The molecule has 162 valence electrons. The van der Waals surface area contributed by atoms with Crippen LogP contribution in [0.25, 0.3) is 10.9 Å². The maximum Gasteiger partial charge on any atom is 0.144 e. The van der Waals surface area contributed by atoms with Crippen molar-refractivity contribution in [3.05, 3.63) is 41.1 Å². The number of methoxy groups -OCH3 is 2. The van der Waals surface area contributed by atoms with E-state index in [1.807, 2.05) is 24.3 Å². The van der Waals surface area contributed by atoms with E-state index >= 15 is 0 Å². The molecule has 2 aromatic carbocycles. The molecule has 8 heteroatoms. The average molecular weight is 484 g/mol. The molecule has 2 fully saturated rings. The number of anilines is 3. The predicted octanol–water partition coefficient (Wildman–Crippen LogP) is 4.34. The van der Waals surface area contributed by atoms with Crippen LogP contribution >= 0.6 is 15.9 Å². The van der Waals surface area contributed by atoms with Crippen LogP contribution < -0.4 is 25.0 Å². The normalized spacial score (nSPS) is 17.5. The Morgan fingerprint density at radius 1 is 1.10 bits per heavy atom. The van der Waals surface area contributed by atoms with E-state index in [2.05, 4.69) is 47.5 Å². The van der Waals surface area contributed by atoms with E-state index in [1.165, 1.54) is 12.8 Å². The zero-order valence-electron chi connectivity index (χ0n) is 17.7. The van der Waals surface area contributed by atoms with Gasteiger partial charge in [-0.25, -0.2) is 9.97 Å². The lowest BCUT2D eigenvalue weighted by Crippen LogP contribution is -2.62. The van der Waals surface area contributed by atoms with Gasteiger partial charge in [0.25, 0.3) is 0 Å². The number of ether oxygens (including phenoxy) is 2. The van der Waals surface area contributed by atoms with Crippen LogP contribution in [0.4, 0.5) is 17.2 Å². The van der Waals surface area contributed by atoms with Gasteiger partial charge >= 0.3 is 0 Å². The van der Waals surface area contributed by atoms with Crippen molar-refractivity contribution in [3.8, 4) is 11.5 Å². The van der Waals surface area contributed by atoms with E-state index in [-0.39, 0.29) is 0 Å². The van der Waals surface area contributed by atoms with Gasteiger partial charge in [0, 0.05) is 41.0 Å². The first-order valence-electron chi connectivity index (χ1n) is 10.5. The summed E-state index contributed by atoms with van der Waals surface area (Å²) in [7, 11) is 3.38. The molecule has 0 saturated carbocycles. The fraction of sp³-hybridized carbons (Fsp3) is 0.391. The molecule has 0 unspecified atom stereocenters. The Hall–Kier alpha value is -2.58. The van der Waals surface area contributed by atoms with Crippen LogP contribution in [0, 0.1) is 5.41 Å². The minimum Gasteiger partial charge on any atom is -0.495 e. The van der Waals surface area contributed by atoms with Gasteiger partial charge in [0.1, 0.15) is 23.6 Å². The lowest BCUT2D eigenvalue weighted by Gasteiger charge is -2.53. The van der Waals surface area contributed by atoms with Crippen LogP contribution in [-0.4, -0.2) is 50.4 Å². The summed E-state index contributed by atoms with van der Waals surface area (Å²) in [6.45, 7) is 4.31. The maximum absolute atomic E-state index is 5.73. The Morgan fingerprint density at radius 2 is 1.94 bits per heavy atom. The Balaban J connectivity index is 1.51. The number of halogens is 1. The summed E-state index contributed by atoms with van der Waals surface area (Å²) in [6.07, 6.45) is 4.10. The summed E-state index contributed by atoms with van der Waals surface area (Å²) in [5.74, 6) is 2.33. The standard InChI is InChI=1S/C23H26BrN5O2/c1-30-20-5-4-15(24)8-18(20)28-22-16-9-19(21(31-2)10-17(16)26-14-27-22)29-12-23(13-29)6-3-7-25-11-23/h4-5,8-10,14,25H,3,6-7,11-13H2,1-2H3,(H,26,27,28). The molecule has 2 aliphatic heterocycles. The summed E-state index contributed by atoms with van der Waals surface area (Å²) in [4.78, 5) is 11.4. The zero-order chi connectivity index (χ0) is 21.4. The predicted molar refractivity (Wildman–Crippen MR) is 127 cm³/mol. The first-order chi connectivity index (χ1) is 15.1. The van der Waals surface area contributed by atoms with Gasteiger partial charge in [-0.05, 0) is 43.7 Å². The van der Waals surface area contributed by atoms with Crippen LogP contribution in [0.3, 0.4) is 0 Å². The van der Waals surface area contributed by atoms with Gasteiger partial charge < -0.3 is 25.0 Å². The highest BCUT2D eigenvalue weighted by Crippen LogP contribution is 2.44. The molecular weight excluding hydrogens is 458 g/mol. The van der Waals surface area contributed by atoms with E-state index in [0.717, 1.165) is 70.2 Å². The molecule has 0 atom stereocenters. The van der Waals surface area contributed by atoms with Gasteiger partial charge in [0.15, 0.2) is 0 Å². The Kier molecular flexibility index (Phi) is 5.35. The van der Waals surface area contributed by atoms with E-state index < -0.39 is 0 Å².